The van der Waals surface area contributed by atoms with Crippen molar-refractivity contribution < 1.29 is 14.2 Å². The Balaban J connectivity index is 0.00000392. The first kappa shape index (κ1) is 25.1. The van der Waals surface area contributed by atoms with Crippen LogP contribution in [0.5, 0.6) is 0 Å². The van der Waals surface area contributed by atoms with Crippen LogP contribution in [-0.2, 0) is 14.2 Å². The molecule has 0 spiro atoms. The van der Waals surface area contributed by atoms with Gasteiger partial charge in [-0.1, -0.05) is 29.8 Å². The number of rotatable bonds is 10. The molecular weight excluding hydrogens is 469 g/mol. The molecule has 0 aromatic heterocycles. The van der Waals surface area contributed by atoms with Gasteiger partial charge < -0.3 is 24.8 Å². The van der Waals surface area contributed by atoms with Gasteiger partial charge in [0.15, 0.2) is 5.96 Å². The minimum absolute atomic E-state index is 0. The van der Waals surface area contributed by atoms with Gasteiger partial charge in [0.1, 0.15) is 0 Å². The van der Waals surface area contributed by atoms with E-state index in [0.29, 0.717) is 25.7 Å². The summed E-state index contributed by atoms with van der Waals surface area (Å²) in [6.45, 7) is 9.18. The van der Waals surface area contributed by atoms with E-state index < -0.39 is 0 Å². The number of benzene rings is 1. The van der Waals surface area contributed by atoms with Crippen LogP contribution in [0.25, 0.3) is 0 Å². The van der Waals surface area contributed by atoms with Gasteiger partial charge in [0, 0.05) is 39.3 Å². The molecule has 1 fully saturated rings. The van der Waals surface area contributed by atoms with Gasteiger partial charge >= 0.3 is 0 Å². The Labute approximate surface area is 186 Å². The van der Waals surface area contributed by atoms with Crippen molar-refractivity contribution in [3.8, 4) is 0 Å². The lowest BCUT2D eigenvalue weighted by atomic mass is 9.89. The monoisotopic (exact) mass is 505 g/mol. The molecule has 1 saturated heterocycles. The van der Waals surface area contributed by atoms with Crippen molar-refractivity contribution in [2.75, 3.05) is 53.2 Å². The summed E-state index contributed by atoms with van der Waals surface area (Å²) in [5, 5.41) is 6.64. The zero-order chi connectivity index (χ0) is 19.3. The number of nitrogens with one attached hydrogen (secondary N) is 2. The minimum Gasteiger partial charge on any atom is -0.382 e. The van der Waals surface area contributed by atoms with Crippen molar-refractivity contribution in [2.24, 2.45) is 10.9 Å². The molecule has 1 aromatic carbocycles. The Bertz CT molecular complexity index is 554. The van der Waals surface area contributed by atoms with Crippen LogP contribution in [0.4, 0.5) is 0 Å². The Hall–Kier alpha value is -0.900. The molecule has 1 aromatic rings. The zero-order valence-corrected chi connectivity index (χ0v) is 19.7. The van der Waals surface area contributed by atoms with Gasteiger partial charge in [0.2, 0.25) is 0 Å². The number of nitrogens with zero attached hydrogens (tertiary/aromatic N) is 1. The fourth-order valence-electron chi connectivity index (χ4n) is 3.19. The van der Waals surface area contributed by atoms with Gasteiger partial charge in [-0.15, -0.1) is 24.0 Å². The molecule has 2 unspecified atom stereocenters. The lowest BCUT2D eigenvalue weighted by Crippen LogP contribution is -2.39. The average molecular weight is 505 g/mol. The van der Waals surface area contributed by atoms with Crippen LogP contribution >= 0.6 is 24.0 Å². The van der Waals surface area contributed by atoms with Crippen LogP contribution in [0.2, 0.25) is 0 Å². The van der Waals surface area contributed by atoms with Gasteiger partial charge in [-0.3, -0.25) is 4.99 Å². The van der Waals surface area contributed by atoms with Crippen LogP contribution in [0.3, 0.4) is 0 Å². The first-order valence-electron chi connectivity index (χ1n) is 10.0. The number of aliphatic imine (C=N–C) groups is 1. The quantitative estimate of drug-likeness (QED) is 0.221. The SMILES string of the molecule is CCNC(=NCC1CCCOC1c1ccc(C)cc1)NCCOCCOC.I. The van der Waals surface area contributed by atoms with Gasteiger partial charge in [-0.05, 0) is 32.3 Å². The largest absolute Gasteiger partial charge is 0.382 e. The van der Waals surface area contributed by atoms with Crippen LogP contribution in [0, 0.1) is 12.8 Å². The van der Waals surface area contributed by atoms with Gasteiger partial charge in [-0.2, -0.15) is 0 Å². The Morgan fingerprint density at radius 3 is 2.68 bits per heavy atom. The molecule has 0 bridgehead atoms. The van der Waals surface area contributed by atoms with Crippen molar-refractivity contribution in [1.82, 2.24) is 10.6 Å². The summed E-state index contributed by atoms with van der Waals surface area (Å²) in [4.78, 5) is 4.80. The fraction of sp³-hybridized carbons (Fsp3) is 0.667. The Morgan fingerprint density at radius 2 is 1.96 bits per heavy atom. The molecule has 0 aliphatic carbocycles. The second kappa shape index (κ2) is 15.0. The summed E-state index contributed by atoms with van der Waals surface area (Å²) in [6.07, 6.45) is 2.37. The molecule has 2 N–H and O–H groups in total. The summed E-state index contributed by atoms with van der Waals surface area (Å²) in [6, 6.07) is 8.68. The smallest absolute Gasteiger partial charge is 0.191 e. The molecule has 1 aliphatic rings. The van der Waals surface area contributed by atoms with Crippen molar-refractivity contribution in [2.45, 2.75) is 32.8 Å². The van der Waals surface area contributed by atoms with Gasteiger partial charge in [-0.25, -0.2) is 0 Å². The Kier molecular flexibility index (Phi) is 13.5. The van der Waals surface area contributed by atoms with E-state index >= 15 is 0 Å². The molecule has 1 aliphatic heterocycles. The molecule has 7 heteroatoms. The molecule has 1 heterocycles. The summed E-state index contributed by atoms with van der Waals surface area (Å²) in [5.41, 5.74) is 2.53. The topological polar surface area (TPSA) is 64.1 Å². The van der Waals surface area contributed by atoms with E-state index in [1.807, 2.05) is 0 Å². The summed E-state index contributed by atoms with van der Waals surface area (Å²) in [7, 11) is 1.68. The first-order valence-corrected chi connectivity index (χ1v) is 10.0. The maximum absolute atomic E-state index is 6.10. The third-order valence-electron chi connectivity index (χ3n) is 4.65. The maximum Gasteiger partial charge on any atom is 0.191 e. The van der Waals surface area contributed by atoms with E-state index in [2.05, 4.69) is 48.7 Å². The molecular formula is C21H36IN3O3. The van der Waals surface area contributed by atoms with E-state index in [1.165, 1.54) is 11.1 Å². The molecule has 0 amide bonds. The standard InChI is InChI=1S/C21H35N3O3.HI/c1-4-22-21(23-11-13-26-15-14-25-3)24-16-19-6-5-12-27-20(19)18-9-7-17(2)8-10-18;/h7-10,19-20H,4-6,11-16H2,1-3H3,(H2,22,23,24);1H. The van der Waals surface area contributed by atoms with Crippen LogP contribution in [0.1, 0.15) is 37.0 Å². The normalized spacial score (nSPS) is 19.8. The second-order valence-corrected chi connectivity index (χ2v) is 6.86. The van der Waals surface area contributed by atoms with E-state index in [9.17, 15) is 0 Å². The van der Waals surface area contributed by atoms with E-state index in [4.69, 9.17) is 19.2 Å². The van der Waals surface area contributed by atoms with E-state index in [1.54, 1.807) is 7.11 Å². The number of methoxy groups -OCH3 is 1. The Morgan fingerprint density at radius 1 is 1.18 bits per heavy atom. The molecule has 2 atom stereocenters. The zero-order valence-electron chi connectivity index (χ0n) is 17.4. The van der Waals surface area contributed by atoms with Crippen LogP contribution in [-0.4, -0.2) is 59.1 Å². The fourth-order valence-corrected chi connectivity index (χ4v) is 3.19. The highest BCUT2D eigenvalue weighted by molar-refractivity contribution is 14.0. The second-order valence-electron chi connectivity index (χ2n) is 6.86. The van der Waals surface area contributed by atoms with Crippen molar-refractivity contribution in [1.29, 1.82) is 0 Å². The summed E-state index contributed by atoms with van der Waals surface area (Å²) >= 11 is 0. The maximum atomic E-state index is 6.10. The number of ether oxygens (including phenoxy) is 3. The predicted molar refractivity (Wildman–Crippen MR) is 125 cm³/mol. The van der Waals surface area contributed by atoms with E-state index in [0.717, 1.165) is 45.0 Å². The number of halogens is 1. The highest BCUT2D eigenvalue weighted by Crippen LogP contribution is 2.33. The van der Waals surface area contributed by atoms with Gasteiger partial charge in [0.05, 0.1) is 25.9 Å². The number of guanidine groups is 1. The highest BCUT2D eigenvalue weighted by atomic mass is 127. The third kappa shape index (κ3) is 9.07. The van der Waals surface area contributed by atoms with Gasteiger partial charge in [0.25, 0.3) is 0 Å². The molecule has 2 rings (SSSR count). The number of aryl methyl sites for hydroxylation is 1. The molecule has 0 radical (unpaired) electrons. The minimum atomic E-state index is 0. The molecule has 6 nitrogen and oxygen atoms in total. The van der Waals surface area contributed by atoms with Crippen molar-refractivity contribution >= 4 is 29.9 Å². The van der Waals surface area contributed by atoms with Crippen molar-refractivity contribution in [3.63, 3.8) is 0 Å². The molecule has 0 saturated carbocycles. The molecule has 160 valence electrons. The summed E-state index contributed by atoms with van der Waals surface area (Å²) in [5.74, 6) is 1.23. The van der Waals surface area contributed by atoms with Crippen LogP contribution in [0.15, 0.2) is 29.3 Å². The summed E-state index contributed by atoms with van der Waals surface area (Å²) < 4.78 is 16.6. The lowest BCUT2D eigenvalue weighted by molar-refractivity contribution is -0.0250. The van der Waals surface area contributed by atoms with Crippen molar-refractivity contribution in [3.05, 3.63) is 35.4 Å². The first-order chi connectivity index (χ1) is 13.2. The third-order valence-corrected chi connectivity index (χ3v) is 4.65. The van der Waals surface area contributed by atoms with Crippen LogP contribution < -0.4 is 10.6 Å². The number of hydrogen-bond acceptors (Lipinski definition) is 4. The molecule has 28 heavy (non-hydrogen) atoms. The number of hydrogen-bond donors (Lipinski definition) is 2. The predicted octanol–water partition coefficient (Wildman–Crippen LogP) is 3.30. The lowest BCUT2D eigenvalue weighted by Gasteiger charge is -2.31. The average Bonchev–Trinajstić information content (AvgIpc) is 2.69. The highest BCUT2D eigenvalue weighted by Gasteiger charge is 2.27. The van der Waals surface area contributed by atoms with E-state index in [-0.39, 0.29) is 30.1 Å².